The van der Waals surface area contributed by atoms with Gasteiger partial charge in [0.25, 0.3) is 0 Å². The molecule has 0 radical (unpaired) electrons. The first-order valence-corrected chi connectivity index (χ1v) is 7.70. The number of rotatable bonds is 5. The van der Waals surface area contributed by atoms with E-state index < -0.39 is 0 Å². The zero-order chi connectivity index (χ0) is 13.7. The Bertz CT molecular complexity index is 400. The van der Waals surface area contributed by atoms with Crippen molar-refractivity contribution in [3.05, 3.63) is 28.8 Å². The topological polar surface area (TPSA) is 21.3 Å². The number of nitrogens with one attached hydrogen (secondary N) is 1. The summed E-state index contributed by atoms with van der Waals surface area (Å²) in [7, 11) is 0. The highest BCUT2D eigenvalue weighted by molar-refractivity contribution is 6.30. The molecule has 0 bridgehead atoms. The highest BCUT2D eigenvalue weighted by Gasteiger charge is 2.13. The highest BCUT2D eigenvalue weighted by Crippen LogP contribution is 2.29. The Morgan fingerprint density at radius 1 is 1.37 bits per heavy atom. The first kappa shape index (κ1) is 14.7. The van der Waals surface area contributed by atoms with Crippen molar-refractivity contribution in [2.75, 3.05) is 13.2 Å². The number of halogens is 1. The zero-order valence-electron chi connectivity index (χ0n) is 11.9. The van der Waals surface area contributed by atoms with Gasteiger partial charge in [0, 0.05) is 11.1 Å². The van der Waals surface area contributed by atoms with E-state index in [1.54, 1.807) is 0 Å². The Labute approximate surface area is 121 Å². The van der Waals surface area contributed by atoms with Crippen LogP contribution in [0.2, 0.25) is 5.02 Å². The Balaban J connectivity index is 1.88. The van der Waals surface area contributed by atoms with Gasteiger partial charge in [-0.2, -0.15) is 0 Å². The third-order valence-corrected chi connectivity index (χ3v) is 3.97. The van der Waals surface area contributed by atoms with Crippen LogP contribution in [0.4, 0.5) is 0 Å². The van der Waals surface area contributed by atoms with E-state index in [9.17, 15) is 0 Å². The summed E-state index contributed by atoms with van der Waals surface area (Å²) in [6.45, 7) is 6.27. The lowest BCUT2D eigenvalue weighted by Gasteiger charge is -2.23. The molecule has 1 aromatic carbocycles. The molecule has 0 amide bonds. The van der Waals surface area contributed by atoms with E-state index in [4.69, 9.17) is 16.3 Å². The third-order valence-electron chi connectivity index (χ3n) is 3.73. The van der Waals surface area contributed by atoms with Crippen molar-refractivity contribution in [1.82, 2.24) is 5.32 Å². The first-order valence-electron chi connectivity index (χ1n) is 7.32. The Morgan fingerprint density at radius 3 is 2.89 bits per heavy atom. The van der Waals surface area contributed by atoms with Gasteiger partial charge in [0.2, 0.25) is 0 Å². The second-order valence-electron chi connectivity index (χ2n) is 5.62. The van der Waals surface area contributed by atoms with Crippen molar-refractivity contribution in [3.63, 3.8) is 0 Å². The number of hydrogen-bond acceptors (Lipinski definition) is 2. The molecule has 3 heteroatoms. The average Bonchev–Trinajstić information content (AvgIpc) is 2.41. The highest BCUT2D eigenvalue weighted by atomic mass is 35.5. The van der Waals surface area contributed by atoms with Crippen LogP contribution in [-0.4, -0.2) is 19.2 Å². The Kier molecular flexibility index (Phi) is 5.53. The smallest absolute Gasteiger partial charge is 0.122 e. The second-order valence-corrected chi connectivity index (χ2v) is 6.06. The van der Waals surface area contributed by atoms with E-state index >= 15 is 0 Å². The molecule has 0 unspecified atom stereocenters. The average molecular weight is 282 g/mol. The molecule has 1 aromatic rings. The van der Waals surface area contributed by atoms with Gasteiger partial charge < -0.3 is 10.1 Å². The summed E-state index contributed by atoms with van der Waals surface area (Å²) < 4.78 is 5.96. The molecular formula is C16H24ClNO. The summed E-state index contributed by atoms with van der Waals surface area (Å²) in [4.78, 5) is 0. The van der Waals surface area contributed by atoms with Crippen molar-refractivity contribution in [2.45, 2.75) is 51.5 Å². The lowest BCUT2D eigenvalue weighted by atomic mass is 10.0. The van der Waals surface area contributed by atoms with Crippen LogP contribution in [0.3, 0.4) is 0 Å². The molecule has 2 rings (SSSR count). The number of hydrogen-bond donors (Lipinski definition) is 1. The van der Waals surface area contributed by atoms with E-state index in [0.717, 1.165) is 30.3 Å². The van der Waals surface area contributed by atoms with Crippen molar-refractivity contribution >= 4 is 11.6 Å². The van der Waals surface area contributed by atoms with Gasteiger partial charge in [-0.1, -0.05) is 31.9 Å². The number of piperidine rings is 1. The molecule has 1 aliphatic heterocycles. The van der Waals surface area contributed by atoms with Gasteiger partial charge in [0.15, 0.2) is 0 Å². The first-order chi connectivity index (χ1) is 9.16. The molecule has 1 aliphatic rings. The molecule has 1 atom stereocenters. The summed E-state index contributed by atoms with van der Waals surface area (Å²) in [6.07, 6.45) is 5.02. The van der Waals surface area contributed by atoms with Gasteiger partial charge in [-0.25, -0.2) is 0 Å². The van der Waals surface area contributed by atoms with Crippen molar-refractivity contribution < 1.29 is 4.74 Å². The van der Waals surface area contributed by atoms with Crippen LogP contribution in [0.15, 0.2) is 18.2 Å². The lowest BCUT2D eigenvalue weighted by Crippen LogP contribution is -2.35. The van der Waals surface area contributed by atoms with E-state index in [-0.39, 0.29) is 0 Å². The fourth-order valence-electron chi connectivity index (χ4n) is 2.58. The minimum Gasteiger partial charge on any atom is -0.493 e. The van der Waals surface area contributed by atoms with Gasteiger partial charge in [0.1, 0.15) is 5.75 Å². The quantitative estimate of drug-likeness (QED) is 0.865. The standard InChI is InChI=1S/C16H24ClNO/c1-12(2)15-11-13(17)6-7-16(15)19-10-8-14-5-3-4-9-18-14/h6-7,11-12,14,18H,3-5,8-10H2,1-2H3/t14-/m0/s1. The number of benzene rings is 1. The Hall–Kier alpha value is -0.730. The summed E-state index contributed by atoms with van der Waals surface area (Å²) in [5.41, 5.74) is 1.20. The van der Waals surface area contributed by atoms with Gasteiger partial charge in [-0.15, -0.1) is 0 Å². The molecule has 1 fully saturated rings. The third kappa shape index (κ3) is 4.39. The second kappa shape index (κ2) is 7.16. The molecule has 0 aromatic heterocycles. The maximum atomic E-state index is 6.05. The minimum atomic E-state index is 0.432. The molecule has 0 aliphatic carbocycles. The summed E-state index contributed by atoms with van der Waals surface area (Å²) in [5.74, 6) is 1.41. The van der Waals surface area contributed by atoms with Crippen molar-refractivity contribution in [1.29, 1.82) is 0 Å². The normalized spacial score (nSPS) is 19.7. The van der Waals surface area contributed by atoms with Gasteiger partial charge in [-0.3, -0.25) is 0 Å². The van der Waals surface area contributed by atoms with E-state index in [2.05, 4.69) is 19.2 Å². The molecule has 1 heterocycles. The molecule has 19 heavy (non-hydrogen) atoms. The molecule has 2 nitrogen and oxygen atoms in total. The predicted octanol–water partition coefficient (Wildman–Crippen LogP) is 4.37. The zero-order valence-corrected chi connectivity index (χ0v) is 12.7. The van der Waals surface area contributed by atoms with Crippen LogP contribution >= 0.6 is 11.6 Å². The van der Waals surface area contributed by atoms with Crippen LogP contribution in [0.5, 0.6) is 5.75 Å². The largest absolute Gasteiger partial charge is 0.493 e. The fourth-order valence-corrected chi connectivity index (χ4v) is 2.76. The maximum Gasteiger partial charge on any atom is 0.122 e. The molecular weight excluding hydrogens is 258 g/mol. The van der Waals surface area contributed by atoms with Crippen LogP contribution in [0, 0.1) is 0 Å². The van der Waals surface area contributed by atoms with Crippen molar-refractivity contribution in [3.8, 4) is 5.75 Å². The monoisotopic (exact) mass is 281 g/mol. The molecule has 1 N–H and O–H groups in total. The summed E-state index contributed by atoms with van der Waals surface area (Å²) in [6, 6.07) is 6.54. The lowest BCUT2D eigenvalue weighted by molar-refractivity contribution is 0.265. The fraction of sp³-hybridized carbons (Fsp3) is 0.625. The van der Waals surface area contributed by atoms with Crippen LogP contribution < -0.4 is 10.1 Å². The van der Waals surface area contributed by atoms with Crippen molar-refractivity contribution in [2.24, 2.45) is 0 Å². The van der Waals surface area contributed by atoms with E-state index in [1.165, 1.54) is 24.8 Å². The van der Waals surface area contributed by atoms with Crippen LogP contribution in [0.1, 0.15) is 51.0 Å². The molecule has 0 spiro atoms. The molecule has 1 saturated heterocycles. The molecule has 0 saturated carbocycles. The van der Waals surface area contributed by atoms with Gasteiger partial charge in [0.05, 0.1) is 6.61 Å². The van der Waals surface area contributed by atoms with Gasteiger partial charge in [-0.05, 0) is 55.5 Å². The minimum absolute atomic E-state index is 0.432. The van der Waals surface area contributed by atoms with E-state index in [1.807, 2.05) is 18.2 Å². The summed E-state index contributed by atoms with van der Waals surface area (Å²) >= 11 is 6.05. The summed E-state index contributed by atoms with van der Waals surface area (Å²) in [5, 5.41) is 4.33. The van der Waals surface area contributed by atoms with E-state index in [0.29, 0.717) is 12.0 Å². The van der Waals surface area contributed by atoms with Gasteiger partial charge >= 0.3 is 0 Å². The Morgan fingerprint density at radius 2 is 2.21 bits per heavy atom. The van der Waals surface area contributed by atoms with Crippen LogP contribution in [-0.2, 0) is 0 Å². The SMILES string of the molecule is CC(C)c1cc(Cl)ccc1OCC[C@@H]1CCCCN1. The molecule has 106 valence electrons. The predicted molar refractivity (Wildman–Crippen MR) is 81.3 cm³/mol. The van der Waals surface area contributed by atoms with Crippen LogP contribution in [0.25, 0.3) is 0 Å². The maximum absolute atomic E-state index is 6.05. The number of ether oxygens (including phenoxy) is 1.